The summed E-state index contributed by atoms with van der Waals surface area (Å²) in [5.74, 6) is 0.705. The Bertz CT molecular complexity index is 618. The first kappa shape index (κ1) is 18.2. The average molecular weight is 341 g/mol. The number of carbonyl (C=O) groups is 1. The van der Waals surface area contributed by atoms with Crippen LogP contribution >= 0.6 is 0 Å². The van der Waals surface area contributed by atoms with Crippen LogP contribution in [0, 0.1) is 19.8 Å². The first-order valence-electron chi connectivity index (χ1n) is 9.53. The van der Waals surface area contributed by atoms with Gasteiger partial charge in [0.25, 0.3) is 0 Å². The van der Waals surface area contributed by atoms with Gasteiger partial charge in [-0.3, -0.25) is 4.79 Å². The Labute approximate surface area is 151 Å². The zero-order valence-corrected chi connectivity index (χ0v) is 15.6. The van der Waals surface area contributed by atoms with Gasteiger partial charge in [0.05, 0.1) is 5.54 Å². The fraction of sp³-hybridized carbons (Fsp3) is 0.571. The van der Waals surface area contributed by atoms with Crippen molar-refractivity contribution >= 4 is 12.0 Å². The van der Waals surface area contributed by atoms with E-state index in [2.05, 4.69) is 49.5 Å². The molecule has 0 aromatic heterocycles. The molecule has 4 nitrogen and oxygen atoms in total. The van der Waals surface area contributed by atoms with E-state index in [0.29, 0.717) is 5.92 Å². The van der Waals surface area contributed by atoms with Gasteiger partial charge in [-0.2, -0.15) is 0 Å². The number of nitrogens with two attached hydrogens (primary N) is 1. The number of piperidine rings is 2. The third-order valence-electron chi connectivity index (χ3n) is 5.83. The molecule has 1 amide bonds. The monoisotopic (exact) mass is 341 g/mol. The smallest absolute Gasteiger partial charge is 0.242 e. The fourth-order valence-corrected chi connectivity index (χ4v) is 4.02. The molecule has 0 unspecified atom stereocenters. The molecule has 2 saturated heterocycles. The highest BCUT2D eigenvalue weighted by Crippen LogP contribution is 2.25. The Morgan fingerprint density at radius 1 is 1.20 bits per heavy atom. The lowest BCUT2D eigenvalue weighted by Gasteiger charge is -2.39. The number of aryl methyl sites for hydroxylation is 2. The number of hydrogen-bond donors (Lipinski definition) is 2. The Morgan fingerprint density at radius 3 is 2.40 bits per heavy atom. The second-order valence-electron chi connectivity index (χ2n) is 7.70. The summed E-state index contributed by atoms with van der Waals surface area (Å²) < 4.78 is 0. The summed E-state index contributed by atoms with van der Waals surface area (Å²) >= 11 is 0. The maximum Gasteiger partial charge on any atom is 0.242 e. The lowest BCUT2D eigenvalue weighted by atomic mass is 9.86. The van der Waals surface area contributed by atoms with E-state index in [-0.39, 0.29) is 5.91 Å². The third kappa shape index (κ3) is 4.13. The van der Waals surface area contributed by atoms with Gasteiger partial charge in [-0.25, -0.2) is 0 Å². The van der Waals surface area contributed by atoms with Crippen LogP contribution in [0.2, 0.25) is 0 Å². The highest BCUT2D eigenvalue weighted by atomic mass is 16.2. The number of benzene rings is 1. The van der Waals surface area contributed by atoms with Crippen molar-refractivity contribution < 1.29 is 4.79 Å². The number of nitrogens with one attached hydrogen (secondary N) is 1. The lowest BCUT2D eigenvalue weighted by Crippen LogP contribution is -2.60. The highest BCUT2D eigenvalue weighted by molar-refractivity contribution is 5.86. The van der Waals surface area contributed by atoms with Crippen molar-refractivity contribution in [2.24, 2.45) is 11.7 Å². The van der Waals surface area contributed by atoms with E-state index < -0.39 is 5.54 Å². The molecule has 2 heterocycles. The van der Waals surface area contributed by atoms with Crippen LogP contribution < -0.4 is 11.1 Å². The predicted molar refractivity (Wildman–Crippen MR) is 103 cm³/mol. The molecule has 0 bridgehead atoms. The summed E-state index contributed by atoms with van der Waals surface area (Å²) in [6, 6.07) is 6.43. The molecular weight excluding hydrogens is 310 g/mol. The number of hydrogen-bond acceptors (Lipinski definition) is 3. The van der Waals surface area contributed by atoms with Crippen molar-refractivity contribution in [3.63, 3.8) is 0 Å². The van der Waals surface area contributed by atoms with Gasteiger partial charge in [0, 0.05) is 13.1 Å². The Hall–Kier alpha value is -1.65. The maximum atomic E-state index is 12.8. The van der Waals surface area contributed by atoms with Gasteiger partial charge >= 0.3 is 0 Å². The second-order valence-corrected chi connectivity index (χ2v) is 7.70. The number of likely N-dealkylation sites (tertiary alicyclic amines) is 1. The molecule has 2 aliphatic heterocycles. The molecule has 4 heteroatoms. The minimum absolute atomic E-state index is 0.158. The van der Waals surface area contributed by atoms with Crippen molar-refractivity contribution in [1.29, 1.82) is 0 Å². The van der Waals surface area contributed by atoms with Crippen molar-refractivity contribution in [3.8, 4) is 0 Å². The maximum absolute atomic E-state index is 12.8. The molecule has 0 saturated carbocycles. The van der Waals surface area contributed by atoms with E-state index in [4.69, 9.17) is 5.73 Å². The topological polar surface area (TPSA) is 58.4 Å². The Kier molecular flexibility index (Phi) is 5.60. The molecule has 0 aliphatic carbocycles. The quantitative estimate of drug-likeness (QED) is 0.888. The molecule has 136 valence electrons. The summed E-state index contributed by atoms with van der Waals surface area (Å²) in [6.45, 7) is 7.66. The fourth-order valence-electron chi connectivity index (χ4n) is 4.02. The summed E-state index contributed by atoms with van der Waals surface area (Å²) in [7, 11) is 0. The molecular formula is C21H31N3O. The molecule has 1 aromatic rings. The molecule has 25 heavy (non-hydrogen) atoms. The normalized spacial score (nSPS) is 21.6. The average Bonchev–Trinajstić information content (AvgIpc) is 2.62. The summed E-state index contributed by atoms with van der Waals surface area (Å²) in [5, 5.41) is 3.29. The van der Waals surface area contributed by atoms with Crippen LogP contribution in [0.15, 0.2) is 24.3 Å². The minimum atomic E-state index is -0.647. The number of amides is 1. The van der Waals surface area contributed by atoms with Crippen LogP contribution in [0.5, 0.6) is 0 Å². The van der Waals surface area contributed by atoms with Crippen LogP contribution in [-0.4, -0.2) is 42.5 Å². The molecule has 0 spiro atoms. The van der Waals surface area contributed by atoms with E-state index >= 15 is 0 Å². The van der Waals surface area contributed by atoms with Gasteiger partial charge in [0.15, 0.2) is 0 Å². The highest BCUT2D eigenvalue weighted by Gasteiger charge is 2.39. The largest absolute Gasteiger partial charge is 0.341 e. The standard InChI is InChI=1S/C21H31N3O/c1-16-4-3-5-17(2)19(16)7-6-18-8-14-24(15-9-18)20(25)21(22)10-12-23-13-11-21/h3-7,18,23H,8-15,22H2,1-2H3. The molecule has 0 radical (unpaired) electrons. The third-order valence-corrected chi connectivity index (χ3v) is 5.83. The Balaban J connectivity index is 1.57. The van der Waals surface area contributed by atoms with Crippen molar-refractivity contribution in [2.45, 2.75) is 45.1 Å². The summed E-state index contributed by atoms with van der Waals surface area (Å²) in [4.78, 5) is 14.8. The second kappa shape index (κ2) is 7.71. The van der Waals surface area contributed by atoms with Gasteiger partial charge in [0.1, 0.15) is 0 Å². The molecule has 0 atom stereocenters. The number of nitrogens with zero attached hydrogens (tertiary/aromatic N) is 1. The van der Waals surface area contributed by atoms with E-state index in [0.717, 1.165) is 51.9 Å². The first-order valence-corrected chi connectivity index (χ1v) is 9.53. The molecule has 1 aromatic carbocycles. The zero-order chi connectivity index (χ0) is 17.9. The van der Waals surface area contributed by atoms with Crippen LogP contribution in [0.25, 0.3) is 6.08 Å². The van der Waals surface area contributed by atoms with Crippen LogP contribution in [0.3, 0.4) is 0 Å². The van der Waals surface area contributed by atoms with Crippen LogP contribution in [0.1, 0.15) is 42.4 Å². The lowest BCUT2D eigenvalue weighted by molar-refractivity contribution is -0.139. The number of rotatable bonds is 3. The number of carbonyl (C=O) groups excluding carboxylic acids is 1. The van der Waals surface area contributed by atoms with E-state index in [1.165, 1.54) is 16.7 Å². The van der Waals surface area contributed by atoms with Gasteiger partial charge in [-0.15, -0.1) is 0 Å². The van der Waals surface area contributed by atoms with E-state index in [1.807, 2.05) is 4.90 Å². The molecule has 2 aliphatic rings. The minimum Gasteiger partial charge on any atom is -0.341 e. The van der Waals surface area contributed by atoms with E-state index in [1.54, 1.807) is 0 Å². The first-order chi connectivity index (χ1) is 12.0. The van der Waals surface area contributed by atoms with Crippen LogP contribution in [-0.2, 0) is 4.79 Å². The predicted octanol–water partition coefficient (Wildman–Crippen LogP) is 2.64. The van der Waals surface area contributed by atoms with Gasteiger partial charge in [-0.1, -0.05) is 30.4 Å². The Morgan fingerprint density at radius 2 is 1.80 bits per heavy atom. The van der Waals surface area contributed by atoms with Gasteiger partial charge in [-0.05, 0) is 75.2 Å². The van der Waals surface area contributed by atoms with Gasteiger partial charge < -0.3 is 16.0 Å². The SMILES string of the molecule is Cc1cccc(C)c1C=CC1CCN(C(=O)C2(N)CCNCC2)CC1. The van der Waals surface area contributed by atoms with Crippen LogP contribution in [0.4, 0.5) is 0 Å². The molecule has 2 fully saturated rings. The van der Waals surface area contributed by atoms with Crippen molar-refractivity contribution in [1.82, 2.24) is 10.2 Å². The molecule has 3 rings (SSSR count). The molecule has 3 N–H and O–H groups in total. The van der Waals surface area contributed by atoms with Crippen molar-refractivity contribution in [3.05, 3.63) is 41.0 Å². The van der Waals surface area contributed by atoms with Gasteiger partial charge in [0.2, 0.25) is 5.91 Å². The number of allylic oxidation sites excluding steroid dienone is 1. The van der Waals surface area contributed by atoms with Crippen molar-refractivity contribution in [2.75, 3.05) is 26.2 Å². The summed E-state index contributed by atoms with van der Waals surface area (Å²) in [5.41, 5.74) is 9.71. The zero-order valence-electron chi connectivity index (χ0n) is 15.6. The summed E-state index contributed by atoms with van der Waals surface area (Å²) in [6.07, 6.45) is 8.16. The van der Waals surface area contributed by atoms with E-state index in [9.17, 15) is 4.79 Å².